The predicted molar refractivity (Wildman–Crippen MR) is 168 cm³/mol. The summed E-state index contributed by atoms with van der Waals surface area (Å²) in [5, 5.41) is 9.66. The molecule has 208 valence electrons. The molecule has 2 nitrogen and oxygen atoms in total. The molecule has 0 heterocycles. The first-order chi connectivity index (χ1) is 18.2. The Labute approximate surface area is 244 Å². The Balaban J connectivity index is 1.50. The summed E-state index contributed by atoms with van der Waals surface area (Å²) in [6, 6.07) is 15.4. The van der Waals surface area contributed by atoms with E-state index >= 15 is 0 Å². The summed E-state index contributed by atoms with van der Waals surface area (Å²) < 4.78 is 0. The number of carbonyl (C=O) groups is 1. The van der Waals surface area contributed by atoms with Gasteiger partial charge in [-0.25, -0.2) is 4.79 Å². The molecule has 3 rings (SSSR count). The van der Waals surface area contributed by atoms with Crippen molar-refractivity contribution < 1.29 is 9.90 Å². The molecule has 2 aromatic rings. The minimum Gasteiger partial charge on any atom is -0.478 e. The molecule has 0 amide bonds. The molecule has 1 aliphatic rings. The highest BCUT2D eigenvalue weighted by Gasteiger charge is 2.24. The normalized spacial score (nSPS) is 18.5. The quantitative estimate of drug-likeness (QED) is 0.0965. The van der Waals surface area contributed by atoms with Crippen LogP contribution in [0, 0.1) is 5.92 Å². The van der Waals surface area contributed by atoms with Crippen LogP contribution in [0.2, 0.25) is 6.04 Å². The molecule has 38 heavy (non-hydrogen) atoms. The van der Waals surface area contributed by atoms with Gasteiger partial charge in [0.05, 0.1) is 0 Å². The standard InChI is InChI=1S/C32H43Cl3O2Si/c1-2-3-6-9-25-11-15-27(16-12-25)29-19-21-30(22-20-29)28-17-13-26(14-18-28)24-31(32(36)37)10-7-4-5-8-23-38(33,34)35/h13-14,17-22,24-25,27H,2-12,15-16,23H2,1H3,(H,36,37)/b31-24+. The lowest BCUT2D eigenvalue weighted by atomic mass is 9.77. The van der Waals surface area contributed by atoms with E-state index in [2.05, 4.69) is 43.3 Å². The van der Waals surface area contributed by atoms with E-state index in [4.69, 9.17) is 33.2 Å². The van der Waals surface area contributed by atoms with Gasteiger partial charge in [-0.2, -0.15) is 0 Å². The SMILES string of the molecule is CCCCCC1CCC(c2ccc(-c3ccc(/C=C(\CCCCCC[Si](Cl)(Cl)Cl)C(=O)O)cc3)cc2)CC1. The van der Waals surface area contributed by atoms with Crippen molar-refractivity contribution in [1.29, 1.82) is 0 Å². The van der Waals surface area contributed by atoms with Crippen LogP contribution in [0.15, 0.2) is 54.1 Å². The number of hydrogen-bond acceptors (Lipinski definition) is 1. The maximum atomic E-state index is 11.8. The van der Waals surface area contributed by atoms with E-state index in [1.165, 1.54) is 62.5 Å². The van der Waals surface area contributed by atoms with Crippen LogP contribution in [-0.2, 0) is 4.79 Å². The number of benzene rings is 2. The van der Waals surface area contributed by atoms with Gasteiger partial charge in [0.1, 0.15) is 0 Å². The second kappa shape index (κ2) is 16.1. The second-order valence-electron chi connectivity index (χ2n) is 11.0. The molecule has 6 heteroatoms. The first-order valence-corrected chi connectivity index (χ1v) is 19.7. The monoisotopic (exact) mass is 592 g/mol. The molecule has 0 spiro atoms. The molecule has 0 unspecified atom stereocenters. The molecule has 0 aliphatic heterocycles. The van der Waals surface area contributed by atoms with Crippen LogP contribution >= 0.6 is 33.2 Å². The van der Waals surface area contributed by atoms with E-state index in [1.807, 2.05) is 12.1 Å². The van der Waals surface area contributed by atoms with Gasteiger partial charge in [-0.05, 0) is 84.7 Å². The summed E-state index contributed by atoms with van der Waals surface area (Å²) in [5.74, 6) is 0.783. The van der Waals surface area contributed by atoms with Crippen molar-refractivity contribution in [2.45, 2.75) is 102 Å². The molecule has 1 saturated carbocycles. The van der Waals surface area contributed by atoms with E-state index in [0.717, 1.165) is 42.7 Å². The van der Waals surface area contributed by atoms with Crippen LogP contribution in [0.5, 0.6) is 0 Å². The van der Waals surface area contributed by atoms with Gasteiger partial charge in [-0.1, -0.05) is 100 Å². The minimum absolute atomic E-state index is 0.443. The van der Waals surface area contributed by atoms with E-state index < -0.39 is 12.0 Å². The van der Waals surface area contributed by atoms with Crippen molar-refractivity contribution in [1.82, 2.24) is 0 Å². The van der Waals surface area contributed by atoms with Crippen LogP contribution in [0.3, 0.4) is 0 Å². The van der Waals surface area contributed by atoms with Gasteiger partial charge in [0.25, 0.3) is 0 Å². The summed E-state index contributed by atoms with van der Waals surface area (Å²) in [4.78, 5) is 11.8. The average Bonchev–Trinajstić information content (AvgIpc) is 2.90. The number of carboxylic acid groups (broad SMARTS) is 1. The fourth-order valence-electron chi connectivity index (χ4n) is 5.62. The Hall–Kier alpha value is -1.26. The Morgan fingerprint density at radius 3 is 2.03 bits per heavy atom. The molecule has 1 fully saturated rings. The average molecular weight is 594 g/mol. The van der Waals surface area contributed by atoms with Gasteiger partial charge in [-0.3, -0.25) is 0 Å². The number of carboxylic acids is 1. The van der Waals surface area contributed by atoms with Crippen molar-refractivity contribution in [3.63, 3.8) is 0 Å². The van der Waals surface area contributed by atoms with Crippen molar-refractivity contribution in [2.24, 2.45) is 5.92 Å². The first-order valence-electron chi connectivity index (χ1n) is 14.5. The fraction of sp³-hybridized carbons (Fsp3) is 0.531. The highest BCUT2D eigenvalue weighted by Crippen LogP contribution is 2.38. The van der Waals surface area contributed by atoms with Crippen LogP contribution in [0.1, 0.15) is 107 Å². The highest BCUT2D eigenvalue weighted by molar-refractivity contribution is 7.64. The largest absolute Gasteiger partial charge is 0.478 e. The highest BCUT2D eigenvalue weighted by atomic mass is 35.8. The smallest absolute Gasteiger partial charge is 0.341 e. The number of hydrogen-bond donors (Lipinski definition) is 1. The Bertz CT molecular complexity index is 1000. The fourth-order valence-corrected chi connectivity index (χ4v) is 7.48. The third kappa shape index (κ3) is 11.1. The lowest BCUT2D eigenvalue weighted by Gasteiger charge is -2.29. The molecule has 0 bridgehead atoms. The van der Waals surface area contributed by atoms with Crippen LogP contribution < -0.4 is 0 Å². The Kier molecular flexibility index (Phi) is 13.3. The summed E-state index contributed by atoms with van der Waals surface area (Å²) in [6.45, 7) is 2.28. The van der Waals surface area contributed by atoms with Gasteiger partial charge in [0.15, 0.2) is 0 Å². The molecule has 0 saturated heterocycles. The Morgan fingerprint density at radius 2 is 1.45 bits per heavy atom. The van der Waals surface area contributed by atoms with Gasteiger partial charge >= 0.3 is 12.0 Å². The number of unbranched alkanes of at least 4 members (excludes halogenated alkanes) is 5. The van der Waals surface area contributed by atoms with E-state index in [-0.39, 0.29) is 0 Å². The molecular formula is C32H43Cl3O2Si. The summed E-state index contributed by atoms with van der Waals surface area (Å²) in [7, 11) is 0. The summed E-state index contributed by atoms with van der Waals surface area (Å²) >= 11 is 17.8. The van der Waals surface area contributed by atoms with Crippen LogP contribution in [0.4, 0.5) is 0 Å². The van der Waals surface area contributed by atoms with Crippen molar-refractivity contribution in [3.8, 4) is 11.1 Å². The maximum absolute atomic E-state index is 11.8. The first kappa shape index (κ1) is 31.3. The van der Waals surface area contributed by atoms with Gasteiger partial charge in [0, 0.05) is 5.57 Å². The van der Waals surface area contributed by atoms with Crippen LogP contribution in [-0.4, -0.2) is 17.1 Å². The lowest BCUT2D eigenvalue weighted by molar-refractivity contribution is -0.132. The minimum atomic E-state index is -2.54. The van der Waals surface area contributed by atoms with E-state index in [9.17, 15) is 9.90 Å². The lowest BCUT2D eigenvalue weighted by Crippen LogP contribution is -2.13. The second-order valence-corrected chi connectivity index (χ2v) is 20.2. The third-order valence-electron chi connectivity index (χ3n) is 7.96. The molecule has 0 atom stereocenters. The summed E-state index contributed by atoms with van der Waals surface area (Å²) in [5.41, 5.74) is 5.19. The van der Waals surface area contributed by atoms with Gasteiger partial charge < -0.3 is 5.11 Å². The molecular weight excluding hydrogens is 551 g/mol. The zero-order valence-corrected chi connectivity index (χ0v) is 26.0. The van der Waals surface area contributed by atoms with Crippen molar-refractivity contribution in [3.05, 3.63) is 65.2 Å². The molecule has 0 aromatic heterocycles. The predicted octanol–water partition coefficient (Wildman–Crippen LogP) is 11.3. The van der Waals surface area contributed by atoms with Gasteiger partial charge in [0.2, 0.25) is 0 Å². The Morgan fingerprint density at radius 1 is 0.842 bits per heavy atom. The number of rotatable bonds is 15. The third-order valence-corrected chi connectivity index (χ3v) is 10.6. The molecule has 2 aromatic carbocycles. The van der Waals surface area contributed by atoms with Gasteiger partial charge in [-0.15, -0.1) is 33.2 Å². The zero-order chi connectivity index (χ0) is 27.4. The van der Waals surface area contributed by atoms with E-state index in [1.54, 1.807) is 6.08 Å². The summed E-state index contributed by atoms with van der Waals surface area (Å²) in [6.07, 6.45) is 16.8. The van der Waals surface area contributed by atoms with Crippen molar-refractivity contribution in [2.75, 3.05) is 0 Å². The van der Waals surface area contributed by atoms with E-state index in [0.29, 0.717) is 24.0 Å². The molecule has 1 aliphatic carbocycles. The zero-order valence-electron chi connectivity index (χ0n) is 22.7. The molecule has 0 radical (unpaired) electrons. The van der Waals surface area contributed by atoms with Crippen LogP contribution in [0.25, 0.3) is 17.2 Å². The number of aliphatic carboxylic acids is 1. The topological polar surface area (TPSA) is 37.3 Å². The maximum Gasteiger partial charge on any atom is 0.341 e. The molecule has 1 N–H and O–H groups in total. The van der Waals surface area contributed by atoms with Crippen molar-refractivity contribution >= 4 is 51.3 Å². The number of halogens is 3.